The summed E-state index contributed by atoms with van der Waals surface area (Å²) in [7, 11) is 0. The first-order valence-corrected chi connectivity index (χ1v) is 6.08. The largest absolute Gasteiger partial charge is 0.478 e. The molecule has 20 heavy (non-hydrogen) atoms. The van der Waals surface area contributed by atoms with Crippen molar-refractivity contribution in [2.75, 3.05) is 4.90 Å². The summed E-state index contributed by atoms with van der Waals surface area (Å²) in [6.07, 6.45) is 3.25. The molecule has 0 saturated carbocycles. The maximum absolute atomic E-state index is 11.7. The van der Waals surface area contributed by atoms with E-state index in [1.54, 1.807) is 41.6 Å². The van der Waals surface area contributed by atoms with Gasteiger partial charge in [-0.2, -0.15) is 0 Å². The summed E-state index contributed by atoms with van der Waals surface area (Å²) in [6.45, 7) is 1.88. The zero-order valence-electron chi connectivity index (χ0n) is 11.0. The molecule has 0 unspecified atom stereocenters. The van der Waals surface area contributed by atoms with Crippen LogP contribution >= 0.6 is 0 Å². The highest BCUT2D eigenvalue weighted by Crippen LogP contribution is 2.16. The number of aromatic carboxylic acids is 1. The van der Waals surface area contributed by atoms with Crippen LogP contribution in [0.3, 0.4) is 0 Å². The Morgan fingerprint density at radius 2 is 1.70 bits per heavy atom. The number of carbonyl (C=O) groups excluding carboxylic acids is 1. The standard InChI is InChI=1S/C15H14N2O3/c1-11(18)17(14-6-8-16-9-7-14)10-12-2-4-13(5-3-12)15(19)20/h2-9H,10H2,1H3,(H,19,20). The molecule has 5 nitrogen and oxygen atoms in total. The molecular weight excluding hydrogens is 256 g/mol. The number of nitrogens with zero attached hydrogens (tertiary/aromatic N) is 2. The number of benzene rings is 1. The number of hydrogen-bond donors (Lipinski definition) is 1. The summed E-state index contributed by atoms with van der Waals surface area (Å²) in [5, 5.41) is 8.85. The van der Waals surface area contributed by atoms with E-state index in [0.717, 1.165) is 11.3 Å². The summed E-state index contributed by atoms with van der Waals surface area (Å²) in [4.78, 5) is 28.1. The molecule has 1 N–H and O–H groups in total. The van der Waals surface area contributed by atoms with Gasteiger partial charge in [0.05, 0.1) is 12.1 Å². The minimum Gasteiger partial charge on any atom is -0.478 e. The quantitative estimate of drug-likeness (QED) is 0.925. The van der Waals surface area contributed by atoms with E-state index >= 15 is 0 Å². The van der Waals surface area contributed by atoms with Crippen LogP contribution in [-0.4, -0.2) is 22.0 Å². The first kappa shape index (κ1) is 13.7. The minimum absolute atomic E-state index is 0.0847. The van der Waals surface area contributed by atoms with E-state index in [-0.39, 0.29) is 11.5 Å². The lowest BCUT2D eigenvalue weighted by atomic mass is 10.1. The molecule has 1 aromatic carbocycles. The Bertz CT molecular complexity index is 609. The van der Waals surface area contributed by atoms with Gasteiger partial charge in [-0.3, -0.25) is 9.78 Å². The van der Waals surface area contributed by atoms with Gasteiger partial charge in [0, 0.05) is 25.0 Å². The van der Waals surface area contributed by atoms with Crippen LogP contribution in [0.25, 0.3) is 0 Å². The predicted octanol–water partition coefficient (Wildman–Crippen LogP) is 2.33. The topological polar surface area (TPSA) is 70.5 Å². The highest BCUT2D eigenvalue weighted by atomic mass is 16.4. The molecule has 5 heteroatoms. The average Bonchev–Trinajstić information content (AvgIpc) is 2.46. The van der Waals surface area contributed by atoms with Gasteiger partial charge in [0.2, 0.25) is 5.91 Å². The second kappa shape index (κ2) is 5.97. The van der Waals surface area contributed by atoms with Crippen molar-refractivity contribution in [2.45, 2.75) is 13.5 Å². The molecule has 2 aromatic rings. The molecule has 0 spiro atoms. The Kier molecular flexibility index (Phi) is 4.10. The van der Waals surface area contributed by atoms with E-state index in [1.807, 2.05) is 0 Å². The fourth-order valence-electron chi connectivity index (χ4n) is 1.84. The molecule has 0 radical (unpaired) electrons. The summed E-state index contributed by atoms with van der Waals surface area (Å²) >= 11 is 0. The second-order valence-electron chi connectivity index (χ2n) is 4.31. The smallest absolute Gasteiger partial charge is 0.335 e. The average molecular weight is 270 g/mol. The van der Waals surface area contributed by atoms with Crippen LogP contribution in [0.4, 0.5) is 5.69 Å². The van der Waals surface area contributed by atoms with E-state index < -0.39 is 5.97 Å². The number of amides is 1. The number of carboxylic acids is 1. The third-order valence-corrected chi connectivity index (χ3v) is 2.90. The summed E-state index contributed by atoms with van der Waals surface area (Å²) in [5.41, 5.74) is 1.85. The zero-order chi connectivity index (χ0) is 14.5. The van der Waals surface area contributed by atoms with Crippen LogP contribution in [0.15, 0.2) is 48.8 Å². The third-order valence-electron chi connectivity index (χ3n) is 2.90. The van der Waals surface area contributed by atoms with Crippen molar-refractivity contribution in [1.82, 2.24) is 4.98 Å². The summed E-state index contributed by atoms with van der Waals surface area (Å²) < 4.78 is 0. The van der Waals surface area contributed by atoms with E-state index in [9.17, 15) is 9.59 Å². The lowest BCUT2D eigenvalue weighted by molar-refractivity contribution is -0.116. The van der Waals surface area contributed by atoms with Crippen LogP contribution < -0.4 is 4.90 Å². The molecule has 0 aliphatic rings. The Labute approximate surface area is 116 Å². The van der Waals surface area contributed by atoms with Crippen LogP contribution in [0, 0.1) is 0 Å². The Morgan fingerprint density at radius 1 is 1.10 bits per heavy atom. The first-order valence-electron chi connectivity index (χ1n) is 6.08. The summed E-state index contributed by atoms with van der Waals surface area (Å²) in [6, 6.07) is 9.99. The van der Waals surface area contributed by atoms with Gasteiger partial charge in [-0.15, -0.1) is 0 Å². The van der Waals surface area contributed by atoms with Crippen LogP contribution in [0.1, 0.15) is 22.8 Å². The molecule has 0 atom stereocenters. The van der Waals surface area contributed by atoms with Gasteiger partial charge < -0.3 is 10.0 Å². The third kappa shape index (κ3) is 3.20. The van der Waals surface area contributed by atoms with Crippen molar-refractivity contribution in [3.63, 3.8) is 0 Å². The Balaban J connectivity index is 2.21. The predicted molar refractivity (Wildman–Crippen MR) is 74.5 cm³/mol. The van der Waals surface area contributed by atoms with E-state index in [0.29, 0.717) is 6.54 Å². The van der Waals surface area contributed by atoms with Crippen molar-refractivity contribution >= 4 is 17.6 Å². The van der Waals surface area contributed by atoms with Gasteiger partial charge in [0.15, 0.2) is 0 Å². The van der Waals surface area contributed by atoms with Crippen molar-refractivity contribution in [3.8, 4) is 0 Å². The van der Waals surface area contributed by atoms with Gasteiger partial charge in [0.25, 0.3) is 0 Å². The van der Waals surface area contributed by atoms with E-state index in [4.69, 9.17) is 5.11 Å². The molecule has 0 aliphatic carbocycles. The molecule has 2 rings (SSSR count). The normalized spacial score (nSPS) is 10.1. The maximum Gasteiger partial charge on any atom is 0.335 e. The van der Waals surface area contributed by atoms with Crippen LogP contribution in [0.5, 0.6) is 0 Å². The molecule has 102 valence electrons. The van der Waals surface area contributed by atoms with Gasteiger partial charge in [-0.25, -0.2) is 4.79 Å². The number of pyridine rings is 1. The number of carboxylic acid groups (broad SMARTS) is 1. The molecule has 1 amide bonds. The molecule has 0 aliphatic heterocycles. The van der Waals surface area contributed by atoms with E-state index in [2.05, 4.69) is 4.98 Å². The number of carbonyl (C=O) groups is 2. The highest BCUT2D eigenvalue weighted by Gasteiger charge is 2.12. The summed E-state index contributed by atoms with van der Waals surface area (Å²) in [5.74, 6) is -1.05. The fourth-order valence-corrected chi connectivity index (χ4v) is 1.84. The Hall–Kier alpha value is -2.69. The monoisotopic (exact) mass is 270 g/mol. The molecule has 0 saturated heterocycles. The number of aromatic nitrogens is 1. The van der Waals surface area contributed by atoms with Crippen molar-refractivity contribution in [1.29, 1.82) is 0 Å². The van der Waals surface area contributed by atoms with Gasteiger partial charge in [0.1, 0.15) is 0 Å². The van der Waals surface area contributed by atoms with Crippen LogP contribution in [-0.2, 0) is 11.3 Å². The minimum atomic E-state index is -0.964. The molecule has 0 bridgehead atoms. The van der Waals surface area contributed by atoms with Gasteiger partial charge in [-0.05, 0) is 29.8 Å². The number of anilines is 1. The molecule has 1 aromatic heterocycles. The molecule has 0 fully saturated rings. The lowest BCUT2D eigenvalue weighted by Gasteiger charge is -2.21. The second-order valence-corrected chi connectivity index (χ2v) is 4.31. The lowest BCUT2D eigenvalue weighted by Crippen LogP contribution is -2.27. The van der Waals surface area contributed by atoms with Gasteiger partial charge >= 0.3 is 5.97 Å². The molecular formula is C15H14N2O3. The highest BCUT2D eigenvalue weighted by molar-refractivity contribution is 5.91. The van der Waals surface area contributed by atoms with Crippen molar-refractivity contribution in [3.05, 3.63) is 59.9 Å². The fraction of sp³-hybridized carbons (Fsp3) is 0.133. The van der Waals surface area contributed by atoms with Gasteiger partial charge in [-0.1, -0.05) is 12.1 Å². The molecule has 1 heterocycles. The van der Waals surface area contributed by atoms with Crippen LogP contribution in [0.2, 0.25) is 0 Å². The van der Waals surface area contributed by atoms with Crippen molar-refractivity contribution < 1.29 is 14.7 Å². The number of hydrogen-bond acceptors (Lipinski definition) is 3. The maximum atomic E-state index is 11.7. The van der Waals surface area contributed by atoms with E-state index in [1.165, 1.54) is 19.1 Å². The Morgan fingerprint density at radius 3 is 2.20 bits per heavy atom. The van der Waals surface area contributed by atoms with Crippen molar-refractivity contribution in [2.24, 2.45) is 0 Å². The first-order chi connectivity index (χ1) is 9.58. The zero-order valence-corrected chi connectivity index (χ0v) is 11.0. The number of rotatable bonds is 4. The SMILES string of the molecule is CC(=O)N(Cc1ccc(C(=O)O)cc1)c1ccncc1.